The molecule has 2 heteroatoms. The van der Waals surface area contributed by atoms with Gasteiger partial charge in [0, 0.05) is 12.3 Å². The second kappa shape index (κ2) is 3.49. The molecule has 54 valence electrons. The fourth-order valence-corrected chi connectivity index (χ4v) is 0.895. The number of hydrogen-bond acceptors (Lipinski definition) is 2. The second-order valence-corrected chi connectivity index (χ2v) is 2.90. The molecule has 9 heavy (non-hydrogen) atoms. The maximum atomic E-state index is 3.63. The van der Waals surface area contributed by atoms with Crippen LogP contribution in [0.25, 0.3) is 0 Å². The fraction of sp³-hybridized carbons (Fsp3) is 0.857. The van der Waals surface area contributed by atoms with Gasteiger partial charge in [0.1, 0.15) is 0 Å². The Balaban J connectivity index is 3.55. The molecule has 0 bridgehead atoms. The maximum absolute atomic E-state index is 3.63. The van der Waals surface area contributed by atoms with E-state index in [9.17, 15) is 0 Å². The molecule has 0 unspecified atom stereocenters. The lowest BCUT2D eigenvalue weighted by atomic mass is 10.0. The summed E-state index contributed by atoms with van der Waals surface area (Å²) in [5, 5.41) is 3.63. The highest BCUT2D eigenvalue weighted by Crippen LogP contribution is 2.09. The van der Waals surface area contributed by atoms with Crippen molar-refractivity contribution in [3.63, 3.8) is 0 Å². The van der Waals surface area contributed by atoms with Crippen LogP contribution < -0.4 is 5.43 Å². The molecule has 0 radical (unpaired) electrons. The van der Waals surface area contributed by atoms with Crippen LogP contribution in [0.2, 0.25) is 0 Å². The van der Waals surface area contributed by atoms with E-state index >= 15 is 0 Å². The van der Waals surface area contributed by atoms with Crippen molar-refractivity contribution in [1.29, 1.82) is 0 Å². The molecule has 0 spiro atoms. The summed E-state index contributed by atoms with van der Waals surface area (Å²) < 4.78 is 0. The van der Waals surface area contributed by atoms with Gasteiger partial charge in [0.05, 0.1) is 0 Å². The standard InChI is InChI=1S/C7H16N2/c1-5-6-7(2,3)9-8-4/h9H,4-6H2,1-3H3. The molecular formula is C7H16N2. The summed E-state index contributed by atoms with van der Waals surface area (Å²) in [7, 11) is 0. The molecule has 0 amide bonds. The van der Waals surface area contributed by atoms with Crippen molar-refractivity contribution in [2.24, 2.45) is 5.10 Å². The summed E-state index contributed by atoms with van der Waals surface area (Å²) in [5.74, 6) is 0. The molecule has 0 fully saturated rings. The largest absolute Gasteiger partial charge is 0.305 e. The Hall–Kier alpha value is -0.530. The molecule has 1 N–H and O–H groups in total. The molecule has 0 aromatic carbocycles. The third kappa shape index (κ3) is 4.01. The normalized spacial score (nSPS) is 11.0. The van der Waals surface area contributed by atoms with E-state index in [0.717, 1.165) is 6.42 Å². The molecule has 0 aliphatic heterocycles. The van der Waals surface area contributed by atoms with Crippen LogP contribution in [-0.4, -0.2) is 12.3 Å². The molecule has 0 aromatic heterocycles. The highest BCUT2D eigenvalue weighted by Gasteiger charge is 2.13. The van der Waals surface area contributed by atoms with Gasteiger partial charge in [-0.05, 0) is 20.3 Å². The van der Waals surface area contributed by atoms with Gasteiger partial charge in [0.2, 0.25) is 0 Å². The van der Waals surface area contributed by atoms with E-state index in [1.54, 1.807) is 0 Å². The highest BCUT2D eigenvalue weighted by molar-refractivity contribution is 5.22. The smallest absolute Gasteiger partial charge is 0.0492 e. The van der Waals surface area contributed by atoms with E-state index in [4.69, 9.17) is 0 Å². The Morgan fingerprint density at radius 2 is 2.11 bits per heavy atom. The van der Waals surface area contributed by atoms with Crippen LogP contribution in [0, 0.1) is 0 Å². The first-order valence-corrected chi connectivity index (χ1v) is 3.35. The van der Waals surface area contributed by atoms with Crippen molar-refractivity contribution in [2.75, 3.05) is 0 Å². The van der Waals surface area contributed by atoms with Crippen molar-refractivity contribution < 1.29 is 0 Å². The summed E-state index contributed by atoms with van der Waals surface area (Å²) in [5.41, 5.74) is 3.06. The van der Waals surface area contributed by atoms with E-state index in [0.29, 0.717) is 0 Å². The van der Waals surface area contributed by atoms with Gasteiger partial charge in [-0.25, -0.2) is 0 Å². The average molecular weight is 128 g/mol. The average Bonchev–Trinajstić information content (AvgIpc) is 1.64. The van der Waals surface area contributed by atoms with Crippen LogP contribution in [0.1, 0.15) is 33.6 Å². The highest BCUT2D eigenvalue weighted by atomic mass is 15.3. The number of rotatable bonds is 4. The van der Waals surface area contributed by atoms with Crippen molar-refractivity contribution in [3.8, 4) is 0 Å². The summed E-state index contributed by atoms with van der Waals surface area (Å²) in [4.78, 5) is 0. The third-order valence-electron chi connectivity index (χ3n) is 1.26. The van der Waals surface area contributed by atoms with Gasteiger partial charge in [-0.1, -0.05) is 13.3 Å². The molecule has 0 aromatic rings. The zero-order chi connectivity index (χ0) is 7.33. The lowest BCUT2D eigenvalue weighted by molar-refractivity contribution is 0.370. The van der Waals surface area contributed by atoms with E-state index in [1.165, 1.54) is 6.42 Å². The van der Waals surface area contributed by atoms with E-state index in [2.05, 4.69) is 38.0 Å². The number of hydrazone groups is 1. The van der Waals surface area contributed by atoms with Crippen LogP contribution in [0.4, 0.5) is 0 Å². The maximum Gasteiger partial charge on any atom is 0.0492 e. The van der Waals surface area contributed by atoms with Crippen LogP contribution >= 0.6 is 0 Å². The molecule has 0 atom stereocenters. The van der Waals surface area contributed by atoms with Gasteiger partial charge in [-0.15, -0.1) is 0 Å². The third-order valence-corrected chi connectivity index (χ3v) is 1.26. The molecule has 0 rings (SSSR count). The van der Waals surface area contributed by atoms with Crippen LogP contribution in [-0.2, 0) is 0 Å². The van der Waals surface area contributed by atoms with Gasteiger partial charge >= 0.3 is 0 Å². The fourth-order valence-electron chi connectivity index (χ4n) is 0.895. The number of hydrogen-bond donors (Lipinski definition) is 1. The van der Waals surface area contributed by atoms with Crippen molar-refractivity contribution in [1.82, 2.24) is 5.43 Å². The van der Waals surface area contributed by atoms with Gasteiger partial charge < -0.3 is 5.43 Å². The van der Waals surface area contributed by atoms with E-state index in [-0.39, 0.29) is 5.54 Å². The molecule has 0 aliphatic carbocycles. The summed E-state index contributed by atoms with van der Waals surface area (Å²) in [6.45, 7) is 9.76. The first-order valence-electron chi connectivity index (χ1n) is 3.35. The summed E-state index contributed by atoms with van der Waals surface area (Å²) in [6.07, 6.45) is 2.31. The second-order valence-electron chi connectivity index (χ2n) is 2.90. The van der Waals surface area contributed by atoms with Gasteiger partial charge in [-0.2, -0.15) is 5.10 Å². The quantitative estimate of drug-likeness (QED) is 0.453. The predicted octanol–water partition coefficient (Wildman–Crippen LogP) is 1.77. The minimum atomic E-state index is 0.122. The Morgan fingerprint density at radius 3 is 2.44 bits per heavy atom. The van der Waals surface area contributed by atoms with Gasteiger partial charge in [0.15, 0.2) is 0 Å². The Labute approximate surface area is 57.3 Å². The topological polar surface area (TPSA) is 24.4 Å². The zero-order valence-corrected chi connectivity index (χ0v) is 6.57. The van der Waals surface area contributed by atoms with E-state index in [1.807, 2.05) is 0 Å². The van der Waals surface area contributed by atoms with Crippen LogP contribution in [0.5, 0.6) is 0 Å². The summed E-state index contributed by atoms with van der Waals surface area (Å²) >= 11 is 0. The molecule has 0 aliphatic rings. The molecule has 0 saturated carbocycles. The Morgan fingerprint density at radius 1 is 1.56 bits per heavy atom. The monoisotopic (exact) mass is 128 g/mol. The molecule has 0 heterocycles. The van der Waals surface area contributed by atoms with Crippen LogP contribution in [0.3, 0.4) is 0 Å². The van der Waals surface area contributed by atoms with E-state index < -0.39 is 0 Å². The van der Waals surface area contributed by atoms with Crippen molar-refractivity contribution in [2.45, 2.75) is 39.2 Å². The first kappa shape index (κ1) is 8.47. The Bertz CT molecular complexity index is 86.9. The lowest BCUT2D eigenvalue weighted by Crippen LogP contribution is -2.34. The van der Waals surface area contributed by atoms with Gasteiger partial charge in [0.25, 0.3) is 0 Å². The van der Waals surface area contributed by atoms with Gasteiger partial charge in [-0.3, -0.25) is 0 Å². The minimum absolute atomic E-state index is 0.122. The predicted molar refractivity (Wildman–Crippen MR) is 41.7 cm³/mol. The molecular weight excluding hydrogens is 112 g/mol. The number of nitrogens with one attached hydrogen (secondary N) is 1. The Kier molecular flexibility index (Phi) is 3.28. The first-order chi connectivity index (χ1) is 4.12. The molecule has 0 saturated heterocycles. The lowest BCUT2D eigenvalue weighted by Gasteiger charge is -2.22. The summed E-state index contributed by atoms with van der Waals surface area (Å²) in [6, 6.07) is 0. The minimum Gasteiger partial charge on any atom is -0.305 e. The molecule has 2 nitrogen and oxygen atoms in total. The van der Waals surface area contributed by atoms with Crippen molar-refractivity contribution in [3.05, 3.63) is 0 Å². The van der Waals surface area contributed by atoms with Crippen LogP contribution in [0.15, 0.2) is 5.10 Å². The number of nitrogens with zero attached hydrogens (tertiary/aromatic N) is 1. The van der Waals surface area contributed by atoms with Crippen molar-refractivity contribution >= 4 is 6.72 Å². The SMILES string of the molecule is C=NNC(C)(C)CCC. The zero-order valence-electron chi connectivity index (χ0n) is 6.57.